The Morgan fingerprint density at radius 1 is 0.800 bits per heavy atom. The monoisotopic (exact) mass is 286 g/mol. The van der Waals surface area contributed by atoms with Crippen molar-refractivity contribution < 1.29 is 8.42 Å². The molecule has 0 aliphatic carbocycles. The molecule has 0 spiro atoms. The molecule has 0 aliphatic rings. The van der Waals surface area contributed by atoms with Gasteiger partial charge in [-0.15, -0.1) is 0 Å². The third-order valence-corrected chi connectivity index (χ3v) is 3.51. The Balaban J connectivity index is 0.000000147. The second-order valence-corrected chi connectivity index (χ2v) is 5.62. The van der Waals surface area contributed by atoms with Crippen LogP contribution in [0.3, 0.4) is 0 Å². The zero-order valence-corrected chi connectivity index (χ0v) is 11.5. The molecule has 1 heterocycles. The molecule has 0 saturated carbocycles. The van der Waals surface area contributed by atoms with E-state index >= 15 is 0 Å². The van der Waals surface area contributed by atoms with Crippen LogP contribution in [0, 0.1) is 0 Å². The number of pyridine rings is 1. The van der Waals surface area contributed by atoms with E-state index in [-0.39, 0.29) is 4.90 Å². The van der Waals surface area contributed by atoms with Crippen LogP contribution in [0.25, 0.3) is 10.9 Å². The Labute approximate surface area is 117 Å². The first kappa shape index (κ1) is 14.2. The standard InChI is InChI=1S/C9H7N.C6H7NO2S/c1-2-6-9-8(4-1)5-3-7-10-9;7-10(8,9)6-4-2-1-3-5-6/h1-7H;1-5H,(H2,7,8,9). The second kappa shape index (κ2) is 6.27. The van der Waals surface area contributed by atoms with E-state index in [1.807, 2.05) is 30.5 Å². The van der Waals surface area contributed by atoms with Crippen LogP contribution in [0.4, 0.5) is 0 Å². The predicted octanol–water partition coefficient (Wildman–Crippen LogP) is 2.57. The van der Waals surface area contributed by atoms with Gasteiger partial charge in [-0.05, 0) is 24.3 Å². The lowest BCUT2D eigenvalue weighted by Crippen LogP contribution is -2.11. The van der Waals surface area contributed by atoms with Crippen molar-refractivity contribution in [3.05, 3.63) is 72.9 Å². The molecular formula is C15H14N2O2S. The van der Waals surface area contributed by atoms with Gasteiger partial charge in [0, 0.05) is 11.6 Å². The maximum Gasteiger partial charge on any atom is 0.238 e. The van der Waals surface area contributed by atoms with Crippen molar-refractivity contribution in [2.75, 3.05) is 0 Å². The summed E-state index contributed by atoms with van der Waals surface area (Å²) in [5, 5.41) is 6.03. The summed E-state index contributed by atoms with van der Waals surface area (Å²) < 4.78 is 21.2. The molecule has 1 aromatic heterocycles. The smallest absolute Gasteiger partial charge is 0.238 e. The van der Waals surface area contributed by atoms with Crippen LogP contribution in [-0.4, -0.2) is 13.4 Å². The van der Waals surface area contributed by atoms with Crippen LogP contribution in [0.2, 0.25) is 0 Å². The summed E-state index contributed by atoms with van der Waals surface area (Å²) in [4.78, 5) is 4.33. The van der Waals surface area contributed by atoms with Crippen molar-refractivity contribution in [2.24, 2.45) is 5.14 Å². The minimum absolute atomic E-state index is 0.148. The molecule has 0 amide bonds. The largest absolute Gasteiger partial charge is 0.256 e. The van der Waals surface area contributed by atoms with E-state index in [1.54, 1.807) is 18.2 Å². The molecule has 0 fully saturated rings. The van der Waals surface area contributed by atoms with Gasteiger partial charge < -0.3 is 0 Å². The molecule has 4 nitrogen and oxygen atoms in total. The second-order valence-electron chi connectivity index (χ2n) is 4.05. The van der Waals surface area contributed by atoms with Crippen LogP contribution < -0.4 is 5.14 Å². The van der Waals surface area contributed by atoms with Crippen LogP contribution in [0.15, 0.2) is 77.8 Å². The van der Waals surface area contributed by atoms with Crippen molar-refractivity contribution >= 4 is 20.9 Å². The zero-order valence-electron chi connectivity index (χ0n) is 10.7. The fraction of sp³-hybridized carbons (Fsp3) is 0. The van der Waals surface area contributed by atoms with Gasteiger partial charge in [-0.3, -0.25) is 4.98 Å². The van der Waals surface area contributed by atoms with E-state index in [1.165, 1.54) is 17.5 Å². The average molecular weight is 286 g/mol. The molecule has 0 unspecified atom stereocenters. The molecule has 3 rings (SSSR count). The molecule has 0 saturated heterocycles. The van der Waals surface area contributed by atoms with Crippen molar-refractivity contribution in [3.63, 3.8) is 0 Å². The van der Waals surface area contributed by atoms with Gasteiger partial charge in [0.1, 0.15) is 0 Å². The number of aromatic nitrogens is 1. The molecular weight excluding hydrogens is 272 g/mol. The summed E-state index contributed by atoms with van der Waals surface area (Å²) in [5.74, 6) is 0. The molecule has 5 heteroatoms. The van der Waals surface area contributed by atoms with Gasteiger partial charge in [0.05, 0.1) is 10.4 Å². The highest BCUT2D eigenvalue weighted by Gasteiger charge is 2.03. The first-order chi connectivity index (χ1) is 9.57. The number of rotatable bonds is 1. The minimum atomic E-state index is -3.50. The first-order valence-corrected chi connectivity index (χ1v) is 7.49. The van der Waals surface area contributed by atoms with Gasteiger partial charge >= 0.3 is 0 Å². The number of nitrogens with two attached hydrogens (primary N) is 1. The van der Waals surface area contributed by atoms with E-state index < -0.39 is 10.0 Å². The summed E-state index contributed by atoms with van der Waals surface area (Å²) in [6.45, 7) is 0. The molecule has 2 aromatic carbocycles. The molecule has 0 aliphatic heterocycles. The Bertz CT molecular complexity index is 722. The lowest BCUT2D eigenvalue weighted by molar-refractivity contribution is 0.598. The lowest BCUT2D eigenvalue weighted by Gasteiger charge is -1.93. The summed E-state index contributed by atoms with van der Waals surface area (Å²) >= 11 is 0. The maximum atomic E-state index is 10.6. The number of sulfonamides is 1. The fourth-order valence-corrected chi connectivity index (χ4v) is 2.16. The summed E-state index contributed by atoms with van der Waals surface area (Å²) in [6.07, 6.45) is 1.81. The Morgan fingerprint density at radius 3 is 2.00 bits per heavy atom. The van der Waals surface area contributed by atoms with Gasteiger partial charge in [0.2, 0.25) is 10.0 Å². The number of hydrogen-bond donors (Lipinski definition) is 1. The Morgan fingerprint density at radius 2 is 1.40 bits per heavy atom. The van der Waals surface area contributed by atoms with Crippen molar-refractivity contribution in [1.29, 1.82) is 0 Å². The quantitative estimate of drug-likeness (QED) is 0.747. The molecule has 3 aromatic rings. The average Bonchev–Trinajstić information content (AvgIpc) is 2.48. The van der Waals surface area contributed by atoms with Crippen LogP contribution in [0.1, 0.15) is 0 Å². The van der Waals surface area contributed by atoms with Crippen molar-refractivity contribution in [2.45, 2.75) is 4.90 Å². The van der Waals surface area contributed by atoms with Crippen molar-refractivity contribution in [1.82, 2.24) is 4.98 Å². The molecule has 0 radical (unpaired) electrons. The Kier molecular flexibility index (Phi) is 4.45. The van der Waals surface area contributed by atoms with Crippen LogP contribution >= 0.6 is 0 Å². The highest BCUT2D eigenvalue weighted by Crippen LogP contribution is 2.07. The topological polar surface area (TPSA) is 73.1 Å². The van der Waals surface area contributed by atoms with Crippen LogP contribution in [0.5, 0.6) is 0 Å². The zero-order chi connectivity index (χ0) is 14.4. The summed E-state index contributed by atoms with van der Waals surface area (Å²) in [6, 6.07) is 20.0. The third kappa shape index (κ3) is 3.88. The number of para-hydroxylation sites is 1. The van der Waals surface area contributed by atoms with E-state index in [4.69, 9.17) is 5.14 Å². The number of fused-ring (bicyclic) bond motifs is 1. The normalized spacial score (nSPS) is 10.7. The highest BCUT2D eigenvalue weighted by molar-refractivity contribution is 7.89. The molecule has 20 heavy (non-hydrogen) atoms. The SMILES string of the molecule is NS(=O)(=O)c1ccccc1.c1ccc2ncccc2c1. The molecule has 2 N–H and O–H groups in total. The third-order valence-electron chi connectivity index (χ3n) is 2.58. The maximum absolute atomic E-state index is 10.6. The lowest BCUT2D eigenvalue weighted by atomic mass is 10.2. The van der Waals surface area contributed by atoms with E-state index in [0.29, 0.717) is 0 Å². The van der Waals surface area contributed by atoms with Gasteiger partial charge in [0.15, 0.2) is 0 Å². The van der Waals surface area contributed by atoms with Crippen molar-refractivity contribution in [3.8, 4) is 0 Å². The van der Waals surface area contributed by atoms with Gasteiger partial charge in [0.25, 0.3) is 0 Å². The number of benzene rings is 2. The van der Waals surface area contributed by atoms with Gasteiger partial charge in [-0.2, -0.15) is 0 Å². The number of hydrogen-bond acceptors (Lipinski definition) is 3. The number of primary sulfonamides is 1. The molecule has 0 bridgehead atoms. The van der Waals surface area contributed by atoms with E-state index in [9.17, 15) is 8.42 Å². The molecule has 0 atom stereocenters. The Hall–Kier alpha value is -2.24. The van der Waals surface area contributed by atoms with E-state index in [2.05, 4.69) is 17.1 Å². The number of nitrogens with zero attached hydrogens (tertiary/aromatic N) is 1. The summed E-state index contributed by atoms with van der Waals surface area (Å²) in [5.41, 5.74) is 1.06. The highest BCUT2D eigenvalue weighted by atomic mass is 32.2. The molecule has 102 valence electrons. The van der Waals surface area contributed by atoms with Gasteiger partial charge in [-0.25, -0.2) is 13.6 Å². The minimum Gasteiger partial charge on any atom is -0.256 e. The first-order valence-electron chi connectivity index (χ1n) is 5.95. The fourth-order valence-electron chi connectivity index (χ4n) is 1.63. The van der Waals surface area contributed by atoms with Crippen LogP contribution in [-0.2, 0) is 10.0 Å². The predicted molar refractivity (Wildman–Crippen MR) is 79.6 cm³/mol. The van der Waals surface area contributed by atoms with E-state index in [0.717, 1.165) is 5.52 Å². The van der Waals surface area contributed by atoms with Gasteiger partial charge in [-0.1, -0.05) is 42.5 Å². The summed E-state index contributed by atoms with van der Waals surface area (Å²) in [7, 11) is -3.50.